The first-order valence-electron chi connectivity index (χ1n) is 39.5. The molecule has 10 aromatic heterocycles. The van der Waals surface area contributed by atoms with Crippen LogP contribution in [0.2, 0.25) is 25.1 Å². The number of aromatic hydroxyl groups is 5. The number of halogens is 13. The highest BCUT2D eigenvalue weighted by molar-refractivity contribution is 7.91. The van der Waals surface area contributed by atoms with Crippen LogP contribution in [0.15, 0.2) is 318 Å². The minimum Gasteiger partial charge on any atom is -0.505 e. The summed E-state index contributed by atoms with van der Waals surface area (Å²) >= 11 is 30.0. The van der Waals surface area contributed by atoms with Gasteiger partial charge in [-0.25, -0.2) is 127 Å². The highest BCUT2D eigenvalue weighted by Gasteiger charge is 2.36. The van der Waals surface area contributed by atoms with Gasteiger partial charge in [-0.05, 0) is 183 Å². The van der Waals surface area contributed by atoms with E-state index in [-0.39, 0.29) is 54.8 Å². The van der Waals surface area contributed by atoms with Crippen molar-refractivity contribution in [2.45, 2.75) is 31.4 Å². The Kier molecular flexibility index (Phi) is 27.0. The van der Waals surface area contributed by atoms with E-state index in [4.69, 9.17) is 58.0 Å². The molecule has 0 radical (unpaired) electrons. The molecule has 0 aliphatic rings. The number of fused-ring (bicyclic) bond motifs is 5. The summed E-state index contributed by atoms with van der Waals surface area (Å²) in [5.74, 6) is -15.2. The van der Waals surface area contributed by atoms with Gasteiger partial charge in [0.2, 0.25) is 0 Å². The van der Waals surface area contributed by atoms with Crippen molar-refractivity contribution in [3.63, 3.8) is 0 Å². The highest BCUT2D eigenvalue weighted by atomic mass is 35.5. The van der Waals surface area contributed by atoms with Crippen molar-refractivity contribution >= 4 is 163 Å². The second kappa shape index (κ2) is 38.6. The van der Waals surface area contributed by atoms with E-state index < -0.39 is 145 Å². The quantitative estimate of drug-likeness (QED) is 0.0595. The largest absolute Gasteiger partial charge is 0.505 e. The number of rotatable bonds is 15. The third-order valence-corrected chi connectivity index (χ3v) is 30.8. The zero-order chi connectivity index (χ0) is 99.4. The van der Waals surface area contributed by atoms with Crippen LogP contribution in [0.1, 0.15) is 5.56 Å². The summed E-state index contributed by atoms with van der Waals surface area (Å²) in [5.41, 5.74) is 5.54. The van der Waals surface area contributed by atoms with Crippen LogP contribution >= 0.6 is 58.0 Å². The van der Waals surface area contributed by atoms with Crippen LogP contribution < -0.4 is 0 Å². The zero-order valence-electron chi connectivity index (χ0n) is 69.8. The van der Waals surface area contributed by atoms with Gasteiger partial charge in [-0.15, -0.1) is 0 Å². The first kappa shape index (κ1) is 97.2. The second-order valence-corrected chi connectivity index (χ2v) is 40.7. The lowest BCUT2D eigenvalue weighted by Crippen LogP contribution is -2.15. The number of hydrogen-bond acceptors (Lipinski definition) is 23. The van der Waals surface area contributed by atoms with Crippen LogP contribution in [-0.4, -0.2) is 127 Å². The van der Waals surface area contributed by atoms with Crippen LogP contribution in [0.3, 0.4) is 0 Å². The number of phenols is 5. The fourth-order valence-electron chi connectivity index (χ4n) is 14.7. The maximum absolute atomic E-state index is 13.8. The van der Waals surface area contributed by atoms with E-state index in [0.29, 0.717) is 135 Å². The summed E-state index contributed by atoms with van der Waals surface area (Å²) in [6, 6.07) is 46.0. The average Bonchev–Trinajstić information content (AvgIpc) is 1.62. The van der Waals surface area contributed by atoms with Crippen LogP contribution in [0.4, 0.5) is 35.1 Å². The Labute approximate surface area is 805 Å². The highest BCUT2D eigenvalue weighted by Crippen LogP contribution is 2.45. The van der Waals surface area contributed by atoms with Crippen LogP contribution in [0.25, 0.3) is 111 Å². The van der Waals surface area contributed by atoms with Crippen LogP contribution in [-0.2, 0) is 50.1 Å². The number of para-hydroxylation sites is 1. The van der Waals surface area contributed by atoms with E-state index in [1.165, 1.54) is 142 Å². The predicted octanol–water partition coefficient (Wildman–Crippen LogP) is 21.1. The van der Waals surface area contributed by atoms with Crippen LogP contribution in [0, 0.1) is 53.5 Å². The molecule has 704 valence electrons. The van der Waals surface area contributed by atoms with Crippen molar-refractivity contribution in [1.82, 2.24) is 59.7 Å². The van der Waals surface area contributed by atoms with Crippen molar-refractivity contribution in [2.75, 3.05) is 0 Å². The van der Waals surface area contributed by atoms with Gasteiger partial charge in [-0.2, -0.15) is 0 Å². The Morgan fingerprint density at radius 1 is 0.252 bits per heavy atom. The maximum atomic E-state index is 13.8. The summed E-state index contributed by atoms with van der Waals surface area (Å²) in [6.45, 7) is 1.85. The summed E-state index contributed by atoms with van der Waals surface area (Å²) in [5, 5.41) is 54.3. The van der Waals surface area contributed by atoms with Gasteiger partial charge in [-0.3, -0.25) is 9.97 Å². The van der Waals surface area contributed by atoms with Gasteiger partial charge in [-0.1, -0.05) is 75.7 Å². The van der Waals surface area contributed by atoms with Gasteiger partial charge in [0.25, 0.3) is 50.1 Å². The topological polar surface area (TPSA) is 400 Å². The third kappa shape index (κ3) is 19.0. The standard InChI is InChI=1S/2C19H11ClF2N2O3S.C19H13F2N3O3S.C18H11Cl2N3O3S.C18H10ClF2N3O3S/c20-13-1-2-16-12(7-13)8-17(11-3-5-23-6-4-11)24(16)28(26,27)18-10-14(21)9-15(22)19(18)25;20-13-3-4-16-12(6-13)7-17(11-2-1-5-23-10-11)24(16)28(26,27)18-9-14(21)8-15(22)19(18)25;1-11-2-3-16-12(4-11)5-17(13-8-22-10-23-9-13)24(16)28(26,27)18-7-14(20)6-15(21)19(18)25;19-13-4-5-15-11(6-13)7-16(12-8-21-10-22-9-12)23(15)27(25,26)17-3-1-2-14(20)18(17)24;19-12-1-2-15-10(3-12)4-16(11-7-22-9-23-8-11)24(15)28(26,27)17-6-13(20)5-14(21)18(17)25/h2*1-10,25H;2-10,25H,1H3;1-10,24H;1-9,25H. The number of aromatic nitrogens is 13. The average molecular weight is 2090 g/mol. The normalized spacial score (nSPS) is 11.8. The Morgan fingerprint density at radius 3 is 0.827 bits per heavy atom. The molecule has 0 bridgehead atoms. The fourth-order valence-corrected chi connectivity index (χ4v) is 23.9. The first-order valence-corrected chi connectivity index (χ1v) is 48.5. The van der Waals surface area contributed by atoms with E-state index in [0.717, 1.165) is 25.4 Å². The van der Waals surface area contributed by atoms with E-state index in [2.05, 4.69) is 39.9 Å². The minimum atomic E-state index is -4.60. The van der Waals surface area contributed by atoms with Gasteiger partial charge >= 0.3 is 0 Å². The lowest BCUT2D eigenvalue weighted by molar-refractivity contribution is 0.411. The van der Waals surface area contributed by atoms with Gasteiger partial charge in [0, 0.05) is 161 Å². The molecular formula is C93H56Cl5F8N13O15S5. The zero-order valence-corrected chi connectivity index (χ0v) is 77.7. The summed E-state index contributed by atoms with van der Waals surface area (Å²) < 4.78 is 248. The van der Waals surface area contributed by atoms with Crippen LogP contribution in [0.5, 0.6) is 28.7 Å². The Morgan fingerprint density at radius 2 is 0.525 bits per heavy atom. The van der Waals surface area contributed by atoms with Gasteiger partial charge in [0.1, 0.15) is 66.7 Å². The van der Waals surface area contributed by atoms with Crippen molar-refractivity contribution in [2.24, 2.45) is 0 Å². The molecule has 139 heavy (non-hydrogen) atoms. The molecule has 5 N–H and O–H groups in total. The van der Waals surface area contributed by atoms with Gasteiger partial charge in [0.15, 0.2) is 52.0 Å². The Bertz CT molecular complexity index is 8130. The van der Waals surface area contributed by atoms with E-state index in [1.807, 2.05) is 6.92 Å². The number of pyridine rings is 2. The van der Waals surface area contributed by atoms with Crippen molar-refractivity contribution < 1.29 is 103 Å². The molecule has 0 aliphatic heterocycles. The van der Waals surface area contributed by atoms with Gasteiger partial charge < -0.3 is 25.5 Å². The Balaban J connectivity index is 0.000000125. The molecule has 0 saturated heterocycles. The molecule has 20 aromatic rings. The van der Waals surface area contributed by atoms with E-state index >= 15 is 0 Å². The number of aryl methyl sites for hydroxylation is 1. The van der Waals surface area contributed by atoms with Gasteiger partial charge in [0.05, 0.1) is 61.1 Å². The molecule has 10 heterocycles. The SMILES string of the molecule is Cc1ccc2c(c1)cc(-c1cncnc1)n2S(=O)(=O)c1cc(F)cc(F)c1O.O=S(=O)(c1cc(F)cc(F)c1O)n1c(-c2cccnc2)cc2cc(Cl)ccc21.O=S(=O)(c1cc(F)cc(F)c1O)n1c(-c2ccncc2)cc2cc(Cl)ccc21.O=S(=O)(c1cc(F)cc(F)c1O)n1c(-c2cncnc2)cc2cc(Cl)ccc21.O=S(=O)(c1cccc(Cl)c1O)n1c(-c2cncnc2)cc2cc(Cl)ccc21. The molecule has 0 spiro atoms. The summed E-state index contributed by atoms with van der Waals surface area (Å²) in [7, 11) is -22.5. The monoisotopic (exact) mass is 2080 g/mol. The van der Waals surface area contributed by atoms with Crippen molar-refractivity contribution in [1.29, 1.82) is 0 Å². The lowest BCUT2D eigenvalue weighted by Gasteiger charge is -2.13. The molecule has 0 aliphatic carbocycles. The summed E-state index contributed by atoms with van der Waals surface area (Å²) in [4.78, 5) is 27.5. The maximum Gasteiger partial charge on any atom is 0.272 e. The smallest absolute Gasteiger partial charge is 0.272 e. The Hall–Kier alpha value is -14.9. The molecule has 28 nitrogen and oxygen atoms in total. The number of hydrogen-bond donors (Lipinski definition) is 5. The molecule has 0 fully saturated rings. The molecule has 10 aromatic carbocycles. The lowest BCUT2D eigenvalue weighted by atomic mass is 10.2. The molecule has 46 heteroatoms. The molecule has 0 amide bonds. The van der Waals surface area contributed by atoms with E-state index in [1.54, 1.807) is 103 Å². The predicted molar refractivity (Wildman–Crippen MR) is 502 cm³/mol. The molecule has 0 atom stereocenters. The first-order chi connectivity index (χ1) is 66.0. The number of nitrogens with zero attached hydrogens (tertiary/aromatic N) is 13. The number of phenolic OH excluding ortho intramolecular Hbond substituents is 5. The van der Waals surface area contributed by atoms with Crippen molar-refractivity contribution in [3.05, 3.63) is 370 Å². The molecular weight excluding hydrogens is 2030 g/mol. The summed E-state index contributed by atoms with van der Waals surface area (Å²) in [6.07, 6.45) is 18.5. The fraction of sp³-hybridized carbons (Fsp3) is 0.0108. The van der Waals surface area contributed by atoms with Crippen molar-refractivity contribution in [3.8, 4) is 85.0 Å². The molecule has 0 saturated carbocycles. The number of benzene rings is 10. The van der Waals surface area contributed by atoms with E-state index in [9.17, 15) is 103 Å². The molecule has 0 unspecified atom stereocenters. The second-order valence-electron chi connectivity index (χ2n) is 29.8. The minimum absolute atomic E-state index is 0.0554. The molecule has 20 rings (SSSR count). The third-order valence-electron chi connectivity index (χ3n) is 20.8.